The van der Waals surface area contributed by atoms with E-state index < -0.39 is 0 Å². The molecule has 1 unspecified atom stereocenters. The minimum absolute atomic E-state index is 0.133. The number of thiazole rings is 1. The molecule has 2 heterocycles. The van der Waals surface area contributed by atoms with E-state index in [1.165, 1.54) is 36.2 Å². The molecule has 3 aromatic rings. The zero-order valence-corrected chi connectivity index (χ0v) is 15.5. The highest BCUT2D eigenvalue weighted by molar-refractivity contribution is 7.15. The molecule has 0 fully saturated rings. The van der Waals surface area contributed by atoms with E-state index in [1.807, 2.05) is 12.1 Å². The second-order valence-electron chi connectivity index (χ2n) is 6.63. The number of benzene rings is 1. The summed E-state index contributed by atoms with van der Waals surface area (Å²) in [5.41, 5.74) is 2.64. The minimum atomic E-state index is -0.133. The molecule has 0 aliphatic heterocycles. The smallest absolute Gasteiger partial charge is 0.257 e. The maximum absolute atomic E-state index is 12.5. The average molecular weight is 367 g/mol. The van der Waals surface area contributed by atoms with Gasteiger partial charge in [-0.05, 0) is 49.4 Å². The van der Waals surface area contributed by atoms with Crippen LogP contribution in [0.3, 0.4) is 0 Å². The number of aryl methyl sites for hydroxylation is 1. The Morgan fingerprint density at radius 3 is 2.92 bits per heavy atom. The lowest BCUT2D eigenvalue weighted by Crippen LogP contribution is -2.13. The monoisotopic (exact) mass is 367 g/mol. The van der Waals surface area contributed by atoms with Crippen LogP contribution in [0, 0.1) is 5.92 Å². The summed E-state index contributed by atoms with van der Waals surface area (Å²) in [6.45, 7) is 2.24. The molecule has 1 aliphatic rings. The number of hydrogen-bond donors (Lipinski definition) is 1. The maximum atomic E-state index is 12.5. The molecule has 1 amide bonds. The maximum Gasteiger partial charge on any atom is 0.257 e. The molecule has 6 nitrogen and oxygen atoms in total. The highest BCUT2D eigenvalue weighted by Crippen LogP contribution is 2.34. The number of carbonyl (C=O) groups excluding carboxylic acids is 1. The van der Waals surface area contributed by atoms with E-state index in [4.69, 9.17) is 0 Å². The normalized spacial score (nSPS) is 16.3. The van der Waals surface area contributed by atoms with Gasteiger partial charge < -0.3 is 0 Å². The second kappa shape index (κ2) is 7.37. The molecule has 26 heavy (non-hydrogen) atoms. The van der Waals surface area contributed by atoms with Crippen molar-refractivity contribution in [3.8, 4) is 5.69 Å². The number of hydrogen-bond acceptors (Lipinski definition) is 5. The second-order valence-corrected chi connectivity index (χ2v) is 7.71. The Balaban J connectivity index is 1.44. The first-order valence-corrected chi connectivity index (χ1v) is 9.79. The fourth-order valence-electron chi connectivity index (χ4n) is 3.43. The van der Waals surface area contributed by atoms with Crippen molar-refractivity contribution in [2.45, 2.75) is 39.0 Å². The third-order valence-corrected chi connectivity index (χ3v) is 5.81. The number of nitrogens with zero attached hydrogens (tertiary/aromatic N) is 4. The summed E-state index contributed by atoms with van der Waals surface area (Å²) in [5, 5.41) is 7.74. The van der Waals surface area contributed by atoms with Gasteiger partial charge in [0.15, 0.2) is 5.13 Å². The van der Waals surface area contributed by atoms with Crippen LogP contribution in [0.4, 0.5) is 5.13 Å². The third kappa shape index (κ3) is 3.53. The number of fused-ring (bicyclic) bond motifs is 1. The molecule has 134 valence electrons. The molecule has 1 aliphatic carbocycles. The van der Waals surface area contributed by atoms with E-state index in [0.717, 1.165) is 24.4 Å². The van der Waals surface area contributed by atoms with E-state index in [0.29, 0.717) is 10.7 Å². The highest BCUT2D eigenvalue weighted by Gasteiger charge is 2.22. The van der Waals surface area contributed by atoms with Gasteiger partial charge in [-0.2, -0.15) is 5.10 Å². The van der Waals surface area contributed by atoms with Crippen molar-refractivity contribution in [1.29, 1.82) is 0 Å². The van der Waals surface area contributed by atoms with Crippen LogP contribution in [-0.4, -0.2) is 25.7 Å². The van der Waals surface area contributed by atoms with Crippen molar-refractivity contribution < 1.29 is 4.79 Å². The van der Waals surface area contributed by atoms with Crippen molar-refractivity contribution >= 4 is 22.4 Å². The Hall–Kier alpha value is -2.54. The Morgan fingerprint density at radius 2 is 2.19 bits per heavy atom. The van der Waals surface area contributed by atoms with Gasteiger partial charge in [-0.25, -0.2) is 14.6 Å². The Bertz CT molecular complexity index is 885. The summed E-state index contributed by atoms with van der Waals surface area (Å²) in [7, 11) is 0. The molecule has 0 saturated heterocycles. The Labute approximate surface area is 156 Å². The Morgan fingerprint density at radius 1 is 1.35 bits per heavy atom. The summed E-state index contributed by atoms with van der Waals surface area (Å²) in [6.07, 6.45) is 8.95. The molecular formula is C19H21N5OS. The van der Waals surface area contributed by atoms with E-state index >= 15 is 0 Å². The summed E-state index contributed by atoms with van der Waals surface area (Å²) in [6, 6.07) is 7.28. The predicted octanol–water partition coefficient (Wildman–Crippen LogP) is 3.88. The van der Waals surface area contributed by atoms with Crippen molar-refractivity contribution in [3.05, 3.63) is 53.1 Å². The van der Waals surface area contributed by atoms with Gasteiger partial charge in [0.1, 0.15) is 12.7 Å². The van der Waals surface area contributed by atoms with Crippen molar-refractivity contribution in [3.63, 3.8) is 0 Å². The van der Waals surface area contributed by atoms with Crippen LogP contribution in [0.2, 0.25) is 0 Å². The zero-order valence-electron chi connectivity index (χ0n) is 14.7. The largest absolute Gasteiger partial charge is 0.298 e. The quantitative estimate of drug-likeness (QED) is 0.743. The van der Waals surface area contributed by atoms with E-state index in [1.54, 1.807) is 34.5 Å². The molecule has 0 spiro atoms. The number of anilines is 1. The fourth-order valence-corrected chi connectivity index (χ4v) is 4.55. The average Bonchev–Trinajstić information content (AvgIpc) is 3.31. The summed E-state index contributed by atoms with van der Waals surface area (Å²) < 4.78 is 1.66. The van der Waals surface area contributed by atoms with Crippen LogP contribution in [-0.2, 0) is 12.8 Å². The number of amides is 1. The van der Waals surface area contributed by atoms with Gasteiger partial charge >= 0.3 is 0 Å². The van der Waals surface area contributed by atoms with Gasteiger partial charge in [-0.1, -0.05) is 19.8 Å². The number of rotatable bonds is 5. The van der Waals surface area contributed by atoms with Crippen LogP contribution < -0.4 is 5.32 Å². The summed E-state index contributed by atoms with van der Waals surface area (Å²) in [5.74, 6) is 0.632. The van der Waals surface area contributed by atoms with Crippen LogP contribution in [0.25, 0.3) is 5.69 Å². The van der Waals surface area contributed by atoms with Crippen LogP contribution in [0.15, 0.2) is 36.9 Å². The molecule has 0 saturated carbocycles. The van der Waals surface area contributed by atoms with Crippen LogP contribution >= 0.6 is 11.3 Å². The lowest BCUT2D eigenvalue weighted by atomic mass is 9.88. The van der Waals surface area contributed by atoms with E-state index in [2.05, 4.69) is 27.3 Å². The number of carbonyl (C=O) groups is 1. The lowest BCUT2D eigenvalue weighted by molar-refractivity contribution is 0.102. The molecule has 0 bridgehead atoms. The molecule has 2 aromatic heterocycles. The standard InChI is InChI=1S/C19H21N5OS/c1-2-3-13-4-9-16-17(10-13)26-19(22-16)23-18(25)14-5-7-15(8-6-14)24-12-20-11-21-24/h5-8,11-13H,2-4,9-10H2,1H3,(H,22,23,25). The molecular weight excluding hydrogens is 346 g/mol. The summed E-state index contributed by atoms with van der Waals surface area (Å²) >= 11 is 1.62. The number of aromatic nitrogens is 4. The molecule has 1 N–H and O–H groups in total. The first-order chi connectivity index (χ1) is 12.7. The van der Waals surface area contributed by atoms with Crippen molar-refractivity contribution in [2.75, 3.05) is 5.32 Å². The van der Waals surface area contributed by atoms with E-state index in [-0.39, 0.29) is 5.91 Å². The molecule has 1 aromatic carbocycles. The Kier molecular flexibility index (Phi) is 4.79. The van der Waals surface area contributed by atoms with Gasteiger partial charge in [0.05, 0.1) is 11.4 Å². The molecule has 4 rings (SSSR count). The third-order valence-electron chi connectivity index (χ3n) is 4.77. The summed E-state index contributed by atoms with van der Waals surface area (Å²) in [4.78, 5) is 22.4. The van der Waals surface area contributed by atoms with Crippen molar-refractivity contribution in [2.24, 2.45) is 5.92 Å². The predicted molar refractivity (Wildman–Crippen MR) is 102 cm³/mol. The number of nitrogens with one attached hydrogen (secondary N) is 1. The van der Waals surface area contributed by atoms with E-state index in [9.17, 15) is 4.79 Å². The van der Waals surface area contributed by atoms with Crippen molar-refractivity contribution in [1.82, 2.24) is 19.7 Å². The molecule has 7 heteroatoms. The first kappa shape index (κ1) is 16.9. The van der Waals surface area contributed by atoms with Gasteiger partial charge in [-0.3, -0.25) is 10.1 Å². The van der Waals surface area contributed by atoms with Crippen LogP contribution in [0.5, 0.6) is 0 Å². The van der Waals surface area contributed by atoms with Crippen LogP contribution in [0.1, 0.15) is 47.1 Å². The SMILES string of the molecule is CCCC1CCc2nc(NC(=O)c3ccc(-n4cncn4)cc3)sc2C1. The van der Waals surface area contributed by atoms with Gasteiger partial charge in [0.25, 0.3) is 5.91 Å². The first-order valence-electron chi connectivity index (χ1n) is 8.98. The fraction of sp³-hybridized carbons (Fsp3) is 0.368. The highest BCUT2D eigenvalue weighted by atomic mass is 32.1. The van der Waals surface area contributed by atoms with Gasteiger partial charge in [-0.15, -0.1) is 11.3 Å². The zero-order chi connectivity index (χ0) is 17.9. The molecule has 0 radical (unpaired) electrons. The molecule has 1 atom stereocenters. The van der Waals surface area contributed by atoms with Gasteiger partial charge in [0.2, 0.25) is 0 Å². The van der Waals surface area contributed by atoms with Gasteiger partial charge in [0, 0.05) is 10.4 Å². The lowest BCUT2D eigenvalue weighted by Gasteiger charge is -2.19. The minimum Gasteiger partial charge on any atom is -0.298 e. The topological polar surface area (TPSA) is 72.7 Å².